The number of amides is 1. The molecule has 0 spiro atoms. The average molecular weight is 212 g/mol. The monoisotopic (exact) mass is 212 g/mol. The second-order valence-electron chi connectivity index (χ2n) is 3.86. The second kappa shape index (κ2) is 6.58. The number of carbonyl (C=O) groups excluding carboxylic acids is 1. The third kappa shape index (κ3) is 4.01. The summed E-state index contributed by atoms with van der Waals surface area (Å²) in [6.45, 7) is 6.86. The lowest BCUT2D eigenvalue weighted by Crippen LogP contribution is -2.33. The number of likely N-dealkylation sites (tertiary alicyclic amines) is 1. The molecule has 0 aromatic rings. The zero-order chi connectivity index (χ0) is 11.1. The molecule has 0 aromatic heterocycles. The molecule has 1 rings (SSSR count). The van der Waals surface area contributed by atoms with Crippen LogP contribution in [0.3, 0.4) is 0 Å². The Morgan fingerprint density at radius 2 is 2.53 bits per heavy atom. The third-order valence-corrected chi connectivity index (χ3v) is 2.59. The van der Waals surface area contributed by atoms with Crippen molar-refractivity contribution in [2.75, 3.05) is 39.9 Å². The highest BCUT2D eigenvalue weighted by Gasteiger charge is 2.25. The quantitative estimate of drug-likeness (QED) is 0.507. The van der Waals surface area contributed by atoms with Gasteiger partial charge >= 0.3 is 0 Å². The molecule has 4 heteroatoms. The molecule has 0 saturated carbocycles. The van der Waals surface area contributed by atoms with E-state index < -0.39 is 0 Å². The van der Waals surface area contributed by atoms with E-state index in [0.29, 0.717) is 12.5 Å². The van der Waals surface area contributed by atoms with Gasteiger partial charge in [-0.05, 0) is 25.9 Å². The molecule has 15 heavy (non-hydrogen) atoms. The average Bonchev–Trinajstić information content (AvgIpc) is 2.67. The maximum Gasteiger partial charge on any atom is 0.248 e. The molecule has 0 bridgehead atoms. The third-order valence-electron chi connectivity index (χ3n) is 2.59. The van der Waals surface area contributed by atoms with E-state index in [0.717, 1.165) is 26.1 Å². The van der Waals surface area contributed by atoms with E-state index >= 15 is 0 Å². The summed E-state index contributed by atoms with van der Waals surface area (Å²) < 4.78 is 5.13. The van der Waals surface area contributed by atoms with Gasteiger partial charge in [-0.3, -0.25) is 4.79 Å². The SMILES string of the molecule is C=CCOCC(=O)N1CCC(CNC)C1. The topological polar surface area (TPSA) is 41.6 Å². The largest absolute Gasteiger partial charge is 0.368 e. The molecule has 0 aliphatic carbocycles. The lowest BCUT2D eigenvalue weighted by Gasteiger charge is -2.16. The smallest absolute Gasteiger partial charge is 0.248 e. The minimum absolute atomic E-state index is 0.0930. The predicted molar refractivity (Wildman–Crippen MR) is 59.6 cm³/mol. The molecule has 1 amide bonds. The summed E-state index contributed by atoms with van der Waals surface area (Å²) in [6, 6.07) is 0. The summed E-state index contributed by atoms with van der Waals surface area (Å²) >= 11 is 0. The Kier molecular flexibility index (Phi) is 5.36. The summed E-state index contributed by atoms with van der Waals surface area (Å²) in [5.41, 5.74) is 0. The summed E-state index contributed by atoms with van der Waals surface area (Å²) in [5, 5.41) is 3.14. The van der Waals surface area contributed by atoms with Crippen LogP contribution in [-0.4, -0.2) is 50.7 Å². The summed E-state index contributed by atoms with van der Waals surface area (Å²) in [5.74, 6) is 0.689. The molecule has 1 N–H and O–H groups in total. The van der Waals surface area contributed by atoms with Gasteiger partial charge < -0.3 is 15.0 Å². The normalized spacial score (nSPS) is 20.6. The van der Waals surface area contributed by atoms with Crippen molar-refractivity contribution in [3.8, 4) is 0 Å². The summed E-state index contributed by atoms with van der Waals surface area (Å²) in [6.07, 6.45) is 2.75. The van der Waals surface area contributed by atoms with E-state index in [-0.39, 0.29) is 12.5 Å². The van der Waals surface area contributed by atoms with Gasteiger partial charge in [0.15, 0.2) is 0 Å². The lowest BCUT2D eigenvalue weighted by molar-refractivity contribution is -0.134. The molecule has 4 nitrogen and oxygen atoms in total. The van der Waals surface area contributed by atoms with Gasteiger partial charge in [0.2, 0.25) is 5.91 Å². The Balaban J connectivity index is 2.21. The fourth-order valence-electron chi connectivity index (χ4n) is 1.84. The van der Waals surface area contributed by atoms with Crippen molar-refractivity contribution in [2.45, 2.75) is 6.42 Å². The van der Waals surface area contributed by atoms with E-state index in [4.69, 9.17) is 4.74 Å². The Labute approximate surface area is 91.3 Å². The zero-order valence-electron chi connectivity index (χ0n) is 9.37. The molecule has 86 valence electrons. The Bertz CT molecular complexity index is 219. The molecule has 1 atom stereocenters. The summed E-state index contributed by atoms with van der Waals surface area (Å²) in [7, 11) is 1.94. The number of ether oxygens (including phenoxy) is 1. The fraction of sp³-hybridized carbons (Fsp3) is 0.727. The van der Waals surface area contributed by atoms with Gasteiger partial charge in [0.25, 0.3) is 0 Å². The van der Waals surface area contributed by atoms with Crippen LogP contribution in [0, 0.1) is 5.92 Å². The standard InChI is InChI=1S/C11H20N2O2/c1-3-6-15-9-11(14)13-5-4-10(8-13)7-12-2/h3,10,12H,1,4-9H2,2H3. The van der Waals surface area contributed by atoms with Gasteiger partial charge in [-0.2, -0.15) is 0 Å². The molecule has 1 fully saturated rings. The highest BCUT2D eigenvalue weighted by atomic mass is 16.5. The molecular weight excluding hydrogens is 192 g/mol. The van der Waals surface area contributed by atoms with Gasteiger partial charge in [0.1, 0.15) is 6.61 Å². The van der Waals surface area contributed by atoms with E-state index in [1.807, 2.05) is 11.9 Å². The van der Waals surface area contributed by atoms with Crippen molar-refractivity contribution in [1.82, 2.24) is 10.2 Å². The van der Waals surface area contributed by atoms with Crippen LogP contribution in [0.4, 0.5) is 0 Å². The van der Waals surface area contributed by atoms with Crippen LogP contribution >= 0.6 is 0 Å². The van der Waals surface area contributed by atoms with Crippen LogP contribution in [0.1, 0.15) is 6.42 Å². The van der Waals surface area contributed by atoms with Crippen molar-refractivity contribution in [2.24, 2.45) is 5.92 Å². The highest BCUT2D eigenvalue weighted by Crippen LogP contribution is 2.15. The van der Waals surface area contributed by atoms with Gasteiger partial charge in [-0.15, -0.1) is 6.58 Å². The van der Waals surface area contributed by atoms with Crippen LogP contribution in [0.2, 0.25) is 0 Å². The Morgan fingerprint density at radius 3 is 3.20 bits per heavy atom. The van der Waals surface area contributed by atoms with Crippen LogP contribution < -0.4 is 5.32 Å². The van der Waals surface area contributed by atoms with Crippen LogP contribution in [0.25, 0.3) is 0 Å². The van der Waals surface area contributed by atoms with Crippen molar-refractivity contribution >= 4 is 5.91 Å². The van der Waals surface area contributed by atoms with E-state index in [1.54, 1.807) is 6.08 Å². The first-order valence-corrected chi connectivity index (χ1v) is 5.39. The van der Waals surface area contributed by atoms with Gasteiger partial charge in [-0.1, -0.05) is 6.08 Å². The van der Waals surface area contributed by atoms with E-state index in [2.05, 4.69) is 11.9 Å². The van der Waals surface area contributed by atoms with Gasteiger partial charge in [0, 0.05) is 13.1 Å². The predicted octanol–water partition coefficient (Wildman–Crippen LogP) is 0.257. The Hall–Kier alpha value is -0.870. The summed E-state index contributed by atoms with van der Waals surface area (Å²) in [4.78, 5) is 13.5. The minimum atomic E-state index is 0.0930. The zero-order valence-corrected chi connectivity index (χ0v) is 9.37. The minimum Gasteiger partial charge on any atom is -0.368 e. The van der Waals surface area contributed by atoms with Gasteiger partial charge in [-0.25, -0.2) is 0 Å². The van der Waals surface area contributed by atoms with Crippen molar-refractivity contribution in [3.05, 3.63) is 12.7 Å². The first kappa shape index (κ1) is 12.2. The molecule has 1 aliphatic rings. The lowest BCUT2D eigenvalue weighted by atomic mass is 10.1. The van der Waals surface area contributed by atoms with Crippen LogP contribution in [-0.2, 0) is 9.53 Å². The number of hydrogen-bond donors (Lipinski definition) is 1. The number of rotatable bonds is 6. The molecule has 1 unspecified atom stereocenters. The molecular formula is C11H20N2O2. The number of hydrogen-bond acceptors (Lipinski definition) is 3. The van der Waals surface area contributed by atoms with Crippen LogP contribution in [0.5, 0.6) is 0 Å². The van der Waals surface area contributed by atoms with Gasteiger partial charge in [0.05, 0.1) is 6.61 Å². The maximum atomic E-state index is 11.6. The first-order chi connectivity index (χ1) is 7.27. The van der Waals surface area contributed by atoms with E-state index in [1.165, 1.54) is 0 Å². The van der Waals surface area contributed by atoms with Crippen molar-refractivity contribution in [3.63, 3.8) is 0 Å². The fourth-order valence-corrected chi connectivity index (χ4v) is 1.84. The first-order valence-electron chi connectivity index (χ1n) is 5.39. The number of carbonyl (C=O) groups is 1. The molecule has 1 aliphatic heterocycles. The Morgan fingerprint density at radius 1 is 1.73 bits per heavy atom. The van der Waals surface area contributed by atoms with Crippen molar-refractivity contribution < 1.29 is 9.53 Å². The highest BCUT2D eigenvalue weighted by molar-refractivity contribution is 5.77. The molecule has 1 heterocycles. The number of nitrogens with zero attached hydrogens (tertiary/aromatic N) is 1. The maximum absolute atomic E-state index is 11.6. The van der Waals surface area contributed by atoms with E-state index in [9.17, 15) is 4.79 Å². The van der Waals surface area contributed by atoms with Crippen molar-refractivity contribution in [1.29, 1.82) is 0 Å². The number of nitrogens with one attached hydrogen (secondary N) is 1. The second-order valence-corrected chi connectivity index (χ2v) is 3.86. The molecule has 0 aromatic carbocycles. The molecule has 0 radical (unpaired) electrons. The molecule has 1 saturated heterocycles. The van der Waals surface area contributed by atoms with Crippen LogP contribution in [0.15, 0.2) is 12.7 Å².